The van der Waals surface area contributed by atoms with Gasteiger partial charge in [-0.1, -0.05) is 11.8 Å². The number of alkyl halides is 3. The smallest absolute Gasteiger partial charge is 0.422 e. The third kappa shape index (κ3) is 3.97. The number of hydrogen-bond acceptors (Lipinski definition) is 5. The second-order valence-electron chi connectivity index (χ2n) is 6.19. The van der Waals surface area contributed by atoms with Gasteiger partial charge in [-0.05, 0) is 24.6 Å². The fourth-order valence-corrected chi connectivity index (χ4v) is 3.79. The largest absolute Gasteiger partial charge is 0.493 e. The number of halogens is 3. The molecule has 5 nitrogen and oxygen atoms in total. The molecule has 2 aromatic heterocycles. The fraction of sp³-hybridized carbons (Fsp3) is 0.333. The van der Waals surface area contributed by atoms with Crippen LogP contribution in [0.1, 0.15) is 16.8 Å². The van der Waals surface area contributed by atoms with Crippen LogP contribution in [0.5, 0.6) is 11.5 Å². The third-order valence-electron chi connectivity index (χ3n) is 4.27. The Labute approximate surface area is 157 Å². The first-order valence-corrected chi connectivity index (χ1v) is 9.30. The van der Waals surface area contributed by atoms with E-state index < -0.39 is 12.8 Å². The van der Waals surface area contributed by atoms with Gasteiger partial charge in [-0.3, -0.25) is 4.98 Å². The van der Waals surface area contributed by atoms with Crippen molar-refractivity contribution in [1.29, 1.82) is 0 Å². The Balaban J connectivity index is 1.48. The maximum atomic E-state index is 12.4. The molecule has 0 saturated carbocycles. The molecule has 1 N–H and O–H groups in total. The second kappa shape index (κ2) is 6.95. The molecule has 0 aliphatic carbocycles. The lowest BCUT2D eigenvalue weighted by Crippen LogP contribution is -2.19. The molecule has 9 heteroatoms. The van der Waals surface area contributed by atoms with Crippen molar-refractivity contribution in [2.45, 2.75) is 30.4 Å². The SMILES string of the molecule is Cc1c(OCC(F)(F)F)ccnc1CSc1nc2cc3c(cc2[nH]1)CCO3. The second-order valence-corrected chi connectivity index (χ2v) is 7.15. The van der Waals surface area contributed by atoms with Gasteiger partial charge in [0.1, 0.15) is 11.5 Å². The van der Waals surface area contributed by atoms with Crippen LogP contribution in [-0.4, -0.2) is 34.3 Å². The van der Waals surface area contributed by atoms with Crippen LogP contribution >= 0.6 is 11.8 Å². The molecule has 0 saturated heterocycles. The Hall–Kier alpha value is -2.42. The number of ether oxygens (including phenoxy) is 2. The van der Waals surface area contributed by atoms with Crippen molar-refractivity contribution >= 4 is 22.8 Å². The van der Waals surface area contributed by atoms with E-state index in [0.717, 1.165) is 33.9 Å². The summed E-state index contributed by atoms with van der Waals surface area (Å²) in [6.45, 7) is 1.08. The van der Waals surface area contributed by atoms with Crippen LogP contribution in [0.4, 0.5) is 13.2 Å². The van der Waals surface area contributed by atoms with Crippen LogP contribution in [0.3, 0.4) is 0 Å². The van der Waals surface area contributed by atoms with Gasteiger partial charge in [0.25, 0.3) is 0 Å². The van der Waals surface area contributed by atoms with E-state index >= 15 is 0 Å². The maximum absolute atomic E-state index is 12.4. The van der Waals surface area contributed by atoms with Gasteiger partial charge in [-0.15, -0.1) is 0 Å². The zero-order valence-electron chi connectivity index (χ0n) is 14.4. The van der Waals surface area contributed by atoms with Gasteiger partial charge in [-0.25, -0.2) is 4.98 Å². The Kier molecular flexibility index (Phi) is 4.63. The maximum Gasteiger partial charge on any atom is 0.422 e. The topological polar surface area (TPSA) is 60.0 Å². The zero-order chi connectivity index (χ0) is 19.0. The normalized spacial score (nSPS) is 13.6. The Morgan fingerprint density at radius 3 is 3.00 bits per heavy atom. The number of hydrogen-bond donors (Lipinski definition) is 1. The summed E-state index contributed by atoms with van der Waals surface area (Å²) in [5, 5.41) is 0.719. The van der Waals surface area contributed by atoms with E-state index in [4.69, 9.17) is 9.47 Å². The lowest BCUT2D eigenvalue weighted by Gasteiger charge is -2.13. The molecule has 0 bridgehead atoms. The number of rotatable bonds is 5. The van der Waals surface area contributed by atoms with E-state index in [0.29, 0.717) is 23.6 Å². The van der Waals surface area contributed by atoms with Gasteiger partial charge in [0.15, 0.2) is 11.8 Å². The van der Waals surface area contributed by atoms with Crippen molar-refractivity contribution in [2.75, 3.05) is 13.2 Å². The van der Waals surface area contributed by atoms with Gasteiger partial charge >= 0.3 is 6.18 Å². The van der Waals surface area contributed by atoms with Crippen LogP contribution < -0.4 is 9.47 Å². The summed E-state index contributed by atoms with van der Waals surface area (Å²) in [6, 6.07) is 5.41. The Morgan fingerprint density at radius 2 is 2.19 bits per heavy atom. The van der Waals surface area contributed by atoms with Gasteiger partial charge in [0, 0.05) is 30.0 Å². The van der Waals surface area contributed by atoms with Crippen LogP contribution in [0.15, 0.2) is 29.6 Å². The van der Waals surface area contributed by atoms with Crippen LogP contribution in [-0.2, 0) is 12.2 Å². The Bertz CT molecular complexity index is 947. The van der Waals surface area contributed by atoms with Gasteiger partial charge in [0.05, 0.1) is 23.3 Å². The van der Waals surface area contributed by atoms with E-state index in [1.54, 1.807) is 6.92 Å². The highest BCUT2D eigenvalue weighted by molar-refractivity contribution is 7.98. The first-order chi connectivity index (χ1) is 12.9. The van der Waals surface area contributed by atoms with Gasteiger partial charge in [-0.2, -0.15) is 13.2 Å². The molecule has 0 unspecified atom stereocenters. The number of benzene rings is 1. The molecule has 1 aliphatic rings. The molecule has 3 heterocycles. The highest BCUT2D eigenvalue weighted by Crippen LogP contribution is 2.32. The number of thioether (sulfide) groups is 1. The lowest BCUT2D eigenvalue weighted by atomic mass is 10.1. The molecule has 1 aliphatic heterocycles. The highest BCUT2D eigenvalue weighted by Gasteiger charge is 2.28. The molecule has 1 aromatic carbocycles. The van der Waals surface area contributed by atoms with Gasteiger partial charge in [0.2, 0.25) is 0 Å². The summed E-state index contributed by atoms with van der Waals surface area (Å²) in [7, 11) is 0. The third-order valence-corrected chi connectivity index (χ3v) is 5.15. The van der Waals surface area contributed by atoms with Crippen LogP contribution in [0, 0.1) is 6.92 Å². The first-order valence-electron chi connectivity index (χ1n) is 8.31. The number of fused-ring (bicyclic) bond motifs is 2. The first kappa shape index (κ1) is 18.0. The summed E-state index contributed by atoms with van der Waals surface area (Å²) >= 11 is 1.44. The zero-order valence-corrected chi connectivity index (χ0v) is 15.2. The van der Waals surface area contributed by atoms with E-state index in [-0.39, 0.29) is 5.75 Å². The minimum Gasteiger partial charge on any atom is -0.493 e. The number of H-pyrrole nitrogens is 1. The standard InChI is InChI=1S/C18H16F3N3O2S/c1-10-14(22-4-2-15(10)26-9-18(19,20)21)8-27-17-23-12-6-11-3-5-25-16(11)7-13(12)24-17/h2,4,6-7H,3,5,8-9H2,1H3,(H,23,24). The number of aromatic amines is 1. The van der Waals surface area contributed by atoms with Crippen molar-refractivity contribution in [3.05, 3.63) is 41.2 Å². The van der Waals surface area contributed by atoms with E-state index in [1.807, 2.05) is 12.1 Å². The lowest BCUT2D eigenvalue weighted by molar-refractivity contribution is -0.153. The van der Waals surface area contributed by atoms with Gasteiger partial charge < -0.3 is 14.5 Å². The number of nitrogens with zero attached hydrogens (tertiary/aromatic N) is 2. The summed E-state index contributed by atoms with van der Waals surface area (Å²) in [4.78, 5) is 12.1. The average molecular weight is 395 g/mol. The van der Waals surface area contributed by atoms with Crippen molar-refractivity contribution in [2.24, 2.45) is 0 Å². The summed E-state index contributed by atoms with van der Waals surface area (Å²) < 4.78 is 47.5. The van der Waals surface area contributed by atoms with E-state index in [9.17, 15) is 13.2 Å². The van der Waals surface area contributed by atoms with Crippen molar-refractivity contribution in [3.63, 3.8) is 0 Å². The molecule has 142 valence electrons. The van der Waals surface area contributed by atoms with Crippen molar-refractivity contribution < 1.29 is 22.6 Å². The molecule has 0 radical (unpaired) electrons. The minimum atomic E-state index is -4.37. The molecule has 4 rings (SSSR count). The molecular formula is C18H16F3N3O2S. The number of pyridine rings is 1. The summed E-state index contributed by atoms with van der Waals surface area (Å²) in [5.41, 5.74) is 4.18. The van der Waals surface area contributed by atoms with E-state index in [2.05, 4.69) is 15.0 Å². The molecule has 27 heavy (non-hydrogen) atoms. The molecule has 0 atom stereocenters. The summed E-state index contributed by atoms with van der Waals surface area (Å²) in [6.07, 6.45) is -2.03. The fourth-order valence-electron chi connectivity index (χ4n) is 2.89. The molecule has 0 amide bonds. The summed E-state index contributed by atoms with van der Waals surface area (Å²) in [5.74, 6) is 1.53. The highest BCUT2D eigenvalue weighted by atomic mass is 32.2. The van der Waals surface area contributed by atoms with Crippen LogP contribution in [0.25, 0.3) is 11.0 Å². The Morgan fingerprint density at radius 1 is 1.33 bits per heavy atom. The molecule has 0 spiro atoms. The average Bonchev–Trinajstić information content (AvgIpc) is 3.22. The predicted octanol–water partition coefficient (Wildman–Crippen LogP) is 4.43. The molecule has 3 aromatic rings. The number of aromatic nitrogens is 3. The minimum absolute atomic E-state index is 0.191. The molecule has 0 fully saturated rings. The number of imidazole rings is 1. The quantitative estimate of drug-likeness (QED) is 0.648. The van der Waals surface area contributed by atoms with Crippen molar-refractivity contribution in [1.82, 2.24) is 15.0 Å². The predicted molar refractivity (Wildman–Crippen MR) is 95.4 cm³/mol. The number of nitrogens with one attached hydrogen (secondary N) is 1. The monoisotopic (exact) mass is 395 g/mol. The van der Waals surface area contributed by atoms with E-state index in [1.165, 1.54) is 24.0 Å². The molecular weight excluding hydrogens is 379 g/mol. The van der Waals surface area contributed by atoms with Crippen LogP contribution in [0.2, 0.25) is 0 Å². The van der Waals surface area contributed by atoms with Crippen molar-refractivity contribution in [3.8, 4) is 11.5 Å².